The Balaban J connectivity index is 1.67. The highest BCUT2D eigenvalue weighted by atomic mass is 19.3. The summed E-state index contributed by atoms with van der Waals surface area (Å²) in [6.07, 6.45) is 0.434. The number of aromatic nitrogens is 4. The molecule has 1 amide bonds. The van der Waals surface area contributed by atoms with Gasteiger partial charge in [0.1, 0.15) is 12.1 Å². The van der Waals surface area contributed by atoms with Crippen LogP contribution in [0.3, 0.4) is 0 Å². The molecule has 0 bridgehead atoms. The zero-order valence-corrected chi connectivity index (χ0v) is 16.8. The minimum atomic E-state index is -1.91. The SMILES string of the molecule is CN1C(=O)CCc2cc(-c3cccc(-n4cnn(CC(CN)=C(F)F)c4=O)n3)ccc21. The maximum Gasteiger partial charge on any atom is 0.351 e. The van der Waals surface area contributed by atoms with E-state index in [-0.39, 0.29) is 24.6 Å². The topological polar surface area (TPSA) is 99.0 Å². The number of carbonyl (C=O) groups excluding carboxylic acids is 1. The largest absolute Gasteiger partial charge is 0.351 e. The molecule has 0 atom stereocenters. The summed E-state index contributed by atoms with van der Waals surface area (Å²) in [6.45, 7) is -0.754. The third-order valence-electron chi connectivity index (χ3n) is 5.29. The summed E-state index contributed by atoms with van der Waals surface area (Å²) in [5.74, 6) is 0.398. The molecule has 0 fully saturated rings. The number of carbonyl (C=O) groups is 1. The van der Waals surface area contributed by atoms with E-state index in [1.54, 1.807) is 24.1 Å². The van der Waals surface area contributed by atoms with Crippen molar-refractivity contribution in [2.75, 3.05) is 18.5 Å². The second-order valence-electron chi connectivity index (χ2n) is 7.19. The van der Waals surface area contributed by atoms with Crippen molar-refractivity contribution >= 4 is 11.6 Å². The van der Waals surface area contributed by atoms with E-state index in [2.05, 4.69) is 10.1 Å². The van der Waals surface area contributed by atoms with Gasteiger partial charge >= 0.3 is 5.69 Å². The van der Waals surface area contributed by atoms with Crippen LogP contribution in [0, 0.1) is 0 Å². The zero-order valence-electron chi connectivity index (χ0n) is 16.8. The number of nitrogens with zero attached hydrogens (tertiary/aromatic N) is 5. The fraction of sp³-hybridized carbons (Fsp3) is 0.238. The lowest BCUT2D eigenvalue weighted by atomic mass is 9.98. The molecule has 0 unspecified atom stereocenters. The van der Waals surface area contributed by atoms with Crippen molar-refractivity contribution in [3.8, 4) is 17.1 Å². The summed E-state index contributed by atoms with van der Waals surface area (Å²) in [4.78, 5) is 30.7. The first-order valence-corrected chi connectivity index (χ1v) is 9.64. The molecular formula is C21H20F2N6O2. The first-order chi connectivity index (χ1) is 14.9. The fourth-order valence-corrected chi connectivity index (χ4v) is 3.52. The van der Waals surface area contributed by atoms with E-state index in [0.717, 1.165) is 21.5 Å². The van der Waals surface area contributed by atoms with Gasteiger partial charge in [-0.25, -0.2) is 19.0 Å². The third kappa shape index (κ3) is 3.89. The minimum Gasteiger partial charge on any atom is -0.327 e. The Morgan fingerprint density at radius 3 is 2.71 bits per heavy atom. The predicted octanol–water partition coefficient (Wildman–Crippen LogP) is 2.11. The van der Waals surface area contributed by atoms with Crippen LogP contribution in [0.4, 0.5) is 14.5 Å². The normalized spacial score (nSPS) is 13.3. The second kappa shape index (κ2) is 8.23. The highest BCUT2D eigenvalue weighted by Gasteiger charge is 2.21. The maximum absolute atomic E-state index is 12.9. The smallest absolute Gasteiger partial charge is 0.327 e. The van der Waals surface area contributed by atoms with Crippen molar-refractivity contribution in [3.05, 3.63) is 70.4 Å². The van der Waals surface area contributed by atoms with Gasteiger partial charge in [-0.05, 0) is 36.2 Å². The minimum absolute atomic E-state index is 0.0806. The van der Waals surface area contributed by atoms with Crippen LogP contribution in [0.5, 0.6) is 0 Å². The Labute approximate surface area is 176 Å². The molecule has 0 radical (unpaired) electrons. The van der Waals surface area contributed by atoms with E-state index < -0.39 is 11.8 Å². The van der Waals surface area contributed by atoms with Crippen molar-refractivity contribution in [2.45, 2.75) is 19.4 Å². The number of hydrogen-bond donors (Lipinski definition) is 1. The Morgan fingerprint density at radius 1 is 1.16 bits per heavy atom. The zero-order chi connectivity index (χ0) is 22.1. The van der Waals surface area contributed by atoms with E-state index in [9.17, 15) is 18.4 Å². The summed E-state index contributed by atoms with van der Waals surface area (Å²) in [5, 5.41) is 3.90. The van der Waals surface area contributed by atoms with Gasteiger partial charge in [0, 0.05) is 36.8 Å². The quantitative estimate of drug-likeness (QED) is 0.674. The number of rotatable bonds is 5. The molecule has 160 valence electrons. The fourth-order valence-electron chi connectivity index (χ4n) is 3.52. The maximum atomic E-state index is 12.9. The highest BCUT2D eigenvalue weighted by molar-refractivity contribution is 5.96. The van der Waals surface area contributed by atoms with Gasteiger partial charge in [-0.15, -0.1) is 0 Å². The van der Waals surface area contributed by atoms with Gasteiger partial charge in [0.2, 0.25) is 5.91 Å². The standard InChI is InChI=1S/C21H20F2N6O2/c1-27-17-7-5-13(9-14(17)6-8-19(27)30)16-3-2-4-18(26-16)28-12-25-29(21(28)31)11-15(10-24)20(22)23/h2-5,7,9,12H,6,8,10-11,24H2,1H3. The lowest BCUT2D eigenvalue weighted by Crippen LogP contribution is -2.31. The Bertz CT molecular complexity index is 1240. The Kier molecular flexibility index (Phi) is 5.47. The molecule has 1 aliphatic rings. The molecule has 1 aliphatic heterocycles. The molecule has 31 heavy (non-hydrogen) atoms. The van der Waals surface area contributed by atoms with Crippen LogP contribution < -0.4 is 16.3 Å². The molecule has 4 rings (SSSR count). The molecule has 0 saturated carbocycles. The van der Waals surface area contributed by atoms with E-state index in [1.165, 1.54) is 10.9 Å². The van der Waals surface area contributed by atoms with Crippen LogP contribution >= 0.6 is 0 Å². The average Bonchev–Trinajstić information content (AvgIpc) is 3.14. The van der Waals surface area contributed by atoms with Gasteiger partial charge in [0.15, 0.2) is 0 Å². The Hall–Kier alpha value is -3.66. The number of halogens is 2. The molecule has 0 aliphatic carbocycles. The molecule has 8 nitrogen and oxygen atoms in total. The monoisotopic (exact) mass is 426 g/mol. The molecule has 10 heteroatoms. The van der Waals surface area contributed by atoms with Crippen molar-refractivity contribution in [1.29, 1.82) is 0 Å². The molecule has 2 N–H and O–H groups in total. The number of benzene rings is 1. The van der Waals surface area contributed by atoms with Gasteiger partial charge < -0.3 is 10.6 Å². The van der Waals surface area contributed by atoms with E-state index in [0.29, 0.717) is 24.4 Å². The van der Waals surface area contributed by atoms with E-state index >= 15 is 0 Å². The number of anilines is 1. The van der Waals surface area contributed by atoms with Crippen LogP contribution in [0.1, 0.15) is 12.0 Å². The summed E-state index contributed by atoms with van der Waals surface area (Å²) >= 11 is 0. The van der Waals surface area contributed by atoms with Crippen LogP contribution in [-0.2, 0) is 17.8 Å². The first-order valence-electron chi connectivity index (χ1n) is 9.64. The molecule has 0 spiro atoms. The van der Waals surface area contributed by atoms with Gasteiger partial charge in [-0.2, -0.15) is 13.9 Å². The van der Waals surface area contributed by atoms with Crippen LogP contribution in [-0.4, -0.2) is 38.8 Å². The molecule has 2 aromatic heterocycles. The number of aryl methyl sites for hydroxylation is 1. The van der Waals surface area contributed by atoms with Gasteiger partial charge in [-0.1, -0.05) is 12.1 Å². The highest BCUT2D eigenvalue weighted by Crippen LogP contribution is 2.31. The summed E-state index contributed by atoms with van der Waals surface area (Å²) in [5.41, 5.74) is 7.77. The third-order valence-corrected chi connectivity index (χ3v) is 5.29. The summed E-state index contributed by atoms with van der Waals surface area (Å²) in [7, 11) is 1.75. The second-order valence-corrected chi connectivity index (χ2v) is 7.19. The van der Waals surface area contributed by atoms with E-state index in [1.807, 2.05) is 24.3 Å². The van der Waals surface area contributed by atoms with Crippen molar-refractivity contribution < 1.29 is 13.6 Å². The average molecular weight is 426 g/mol. The lowest BCUT2D eigenvalue weighted by molar-refractivity contribution is -0.118. The molecular weight excluding hydrogens is 406 g/mol. The summed E-state index contributed by atoms with van der Waals surface area (Å²) < 4.78 is 27.8. The first kappa shape index (κ1) is 20.6. The van der Waals surface area contributed by atoms with Crippen molar-refractivity contribution in [1.82, 2.24) is 19.3 Å². The van der Waals surface area contributed by atoms with Gasteiger partial charge in [0.25, 0.3) is 6.08 Å². The number of pyridine rings is 1. The molecule has 0 saturated heterocycles. The molecule has 1 aromatic carbocycles. The van der Waals surface area contributed by atoms with E-state index in [4.69, 9.17) is 5.73 Å². The van der Waals surface area contributed by atoms with Crippen molar-refractivity contribution in [3.63, 3.8) is 0 Å². The predicted molar refractivity (Wildman–Crippen MR) is 111 cm³/mol. The molecule has 3 aromatic rings. The number of amides is 1. The van der Waals surface area contributed by atoms with Gasteiger partial charge in [0.05, 0.1) is 12.2 Å². The number of nitrogens with two attached hydrogens (primary N) is 1. The van der Waals surface area contributed by atoms with Gasteiger partial charge in [-0.3, -0.25) is 4.79 Å². The van der Waals surface area contributed by atoms with Crippen LogP contribution in [0.2, 0.25) is 0 Å². The number of fused-ring (bicyclic) bond motifs is 1. The van der Waals surface area contributed by atoms with Crippen molar-refractivity contribution in [2.24, 2.45) is 5.73 Å². The summed E-state index contributed by atoms with van der Waals surface area (Å²) in [6, 6.07) is 10.9. The molecule has 3 heterocycles. The Morgan fingerprint density at radius 2 is 1.97 bits per heavy atom. The van der Waals surface area contributed by atoms with Crippen LogP contribution in [0.15, 0.2) is 59.2 Å². The van der Waals surface area contributed by atoms with Crippen LogP contribution in [0.25, 0.3) is 17.1 Å². The lowest BCUT2D eigenvalue weighted by Gasteiger charge is -2.26. The number of hydrogen-bond acceptors (Lipinski definition) is 5.